The van der Waals surface area contributed by atoms with E-state index in [9.17, 15) is 0 Å². The third-order valence-electron chi connectivity index (χ3n) is 6.92. The molecular formula is C25H31N7O2. The van der Waals surface area contributed by atoms with Crippen LogP contribution < -0.4 is 9.80 Å². The summed E-state index contributed by atoms with van der Waals surface area (Å²) in [5.41, 5.74) is 3.71. The number of nitrogens with one attached hydrogen (secondary N) is 2. The van der Waals surface area contributed by atoms with Crippen molar-refractivity contribution in [1.29, 1.82) is 0 Å². The second kappa shape index (κ2) is 8.88. The predicted octanol–water partition coefficient (Wildman–Crippen LogP) is 3.73. The predicted molar refractivity (Wildman–Crippen MR) is 133 cm³/mol. The molecule has 4 aromatic rings. The molecule has 0 aliphatic carbocycles. The second-order valence-corrected chi connectivity index (χ2v) is 9.20. The number of H-pyrrole nitrogens is 2. The van der Waals surface area contributed by atoms with E-state index in [-0.39, 0.29) is 12.1 Å². The van der Waals surface area contributed by atoms with Gasteiger partial charge in [0.05, 0.1) is 38.5 Å². The summed E-state index contributed by atoms with van der Waals surface area (Å²) in [6.45, 7) is 8.72. The molecule has 0 amide bonds. The highest BCUT2D eigenvalue weighted by Crippen LogP contribution is 2.33. The molecule has 9 heteroatoms. The quantitative estimate of drug-likeness (QED) is 0.468. The molecule has 1 aromatic carbocycles. The largest absolute Gasteiger partial charge is 0.377 e. The van der Waals surface area contributed by atoms with E-state index in [1.165, 1.54) is 0 Å². The number of hydrogen-bond acceptors (Lipinski definition) is 7. The van der Waals surface area contributed by atoms with Gasteiger partial charge >= 0.3 is 0 Å². The van der Waals surface area contributed by atoms with Gasteiger partial charge in [-0.05, 0) is 25.5 Å². The van der Waals surface area contributed by atoms with Gasteiger partial charge in [0.1, 0.15) is 11.3 Å². The fourth-order valence-electron chi connectivity index (χ4n) is 5.16. The lowest BCUT2D eigenvalue weighted by Gasteiger charge is -2.37. The Kier molecular flexibility index (Phi) is 5.58. The van der Waals surface area contributed by atoms with E-state index < -0.39 is 0 Å². The Labute approximate surface area is 198 Å². The van der Waals surface area contributed by atoms with Gasteiger partial charge in [0, 0.05) is 35.8 Å². The summed E-state index contributed by atoms with van der Waals surface area (Å²) < 4.78 is 11.5. The van der Waals surface area contributed by atoms with E-state index in [0.717, 1.165) is 65.5 Å². The number of nitrogens with zero attached hydrogens (tertiary/aromatic N) is 5. The molecular weight excluding hydrogens is 430 g/mol. The van der Waals surface area contributed by atoms with Crippen molar-refractivity contribution in [3.8, 4) is 11.4 Å². The molecule has 0 bridgehead atoms. The molecule has 0 saturated carbocycles. The summed E-state index contributed by atoms with van der Waals surface area (Å²) in [4.78, 5) is 26.6. The fourth-order valence-corrected chi connectivity index (χ4v) is 5.16. The summed E-state index contributed by atoms with van der Waals surface area (Å²) >= 11 is 0. The lowest BCUT2D eigenvalue weighted by atomic mass is 10.1. The Morgan fingerprint density at radius 2 is 1.88 bits per heavy atom. The van der Waals surface area contributed by atoms with Crippen LogP contribution in [0.25, 0.3) is 33.5 Å². The molecule has 2 saturated heterocycles. The van der Waals surface area contributed by atoms with Crippen molar-refractivity contribution in [2.75, 3.05) is 49.3 Å². The molecule has 3 aromatic heterocycles. The van der Waals surface area contributed by atoms with Crippen LogP contribution in [0, 0.1) is 0 Å². The molecule has 178 valence electrons. The number of morpholine rings is 2. The summed E-state index contributed by atoms with van der Waals surface area (Å²) in [7, 11) is 0. The first-order chi connectivity index (χ1) is 16.7. The molecule has 2 atom stereocenters. The van der Waals surface area contributed by atoms with Crippen LogP contribution in [0.4, 0.5) is 11.8 Å². The van der Waals surface area contributed by atoms with E-state index in [0.29, 0.717) is 32.1 Å². The highest BCUT2D eigenvalue weighted by molar-refractivity contribution is 5.96. The van der Waals surface area contributed by atoms with Crippen LogP contribution in [0.5, 0.6) is 0 Å². The molecule has 5 heterocycles. The van der Waals surface area contributed by atoms with Crippen molar-refractivity contribution in [1.82, 2.24) is 24.9 Å². The zero-order valence-corrected chi connectivity index (χ0v) is 19.8. The lowest BCUT2D eigenvalue weighted by molar-refractivity contribution is 0.0903. The number of hydrogen-bond donors (Lipinski definition) is 2. The third-order valence-corrected chi connectivity index (χ3v) is 6.92. The zero-order valence-electron chi connectivity index (χ0n) is 19.8. The maximum absolute atomic E-state index is 5.78. The minimum absolute atomic E-state index is 0.218. The summed E-state index contributed by atoms with van der Waals surface area (Å²) in [6.07, 6.45) is 4.10. The average molecular weight is 462 g/mol. The Balaban J connectivity index is 1.51. The number of benzene rings is 1. The number of rotatable bonds is 5. The van der Waals surface area contributed by atoms with Gasteiger partial charge in [-0.3, -0.25) is 0 Å². The van der Waals surface area contributed by atoms with Crippen molar-refractivity contribution < 1.29 is 9.47 Å². The van der Waals surface area contributed by atoms with Gasteiger partial charge in [0.2, 0.25) is 5.95 Å². The Bertz CT molecular complexity index is 1300. The van der Waals surface area contributed by atoms with Gasteiger partial charge in [-0.1, -0.05) is 25.5 Å². The lowest BCUT2D eigenvalue weighted by Crippen LogP contribution is -2.47. The van der Waals surface area contributed by atoms with Gasteiger partial charge in [-0.15, -0.1) is 0 Å². The van der Waals surface area contributed by atoms with E-state index in [1.54, 1.807) is 0 Å². The van der Waals surface area contributed by atoms with Crippen LogP contribution in [0.3, 0.4) is 0 Å². The number of aromatic nitrogens is 5. The number of fused-ring (bicyclic) bond motifs is 2. The fraction of sp³-hybridized carbons (Fsp3) is 0.480. The maximum atomic E-state index is 5.78. The van der Waals surface area contributed by atoms with E-state index in [1.807, 2.05) is 12.3 Å². The van der Waals surface area contributed by atoms with Crippen LogP contribution in [0.1, 0.15) is 26.7 Å². The van der Waals surface area contributed by atoms with Crippen molar-refractivity contribution in [2.24, 2.45) is 0 Å². The first-order valence-electron chi connectivity index (χ1n) is 12.3. The highest BCUT2D eigenvalue weighted by Gasteiger charge is 2.29. The molecule has 0 radical (unpaired) electrons. The molecule has 6 rings (SSSR count). The van der Waals surface area contributed by atoms with Crippen LogP contribution in [-0.2, 0) is 9.47 Å². The topological polar surface area (TPSA) is 95.2 Å². The molecule has 2 fully saturated rings. The summed E-state index contributed by atoms with van der Waals surface area (Å²) in [5, 5.41) is 1.13. The van der Waals surface area contributed by atoms with Crippen LogP contribution in [-0.4, -0.2) is 76.5 Å². The Hall–Kier alpha value is -3.17. The number of imidazole rings is 1. The van der Waals surface area contributed by atoms with Gasteiger partial charge in [-0.25, -0.2) is 4.98 Å². The molecule has 9 nitrogen and oxygen atoms in total. The maximum Gasteiger partial charge on any atom is 0.229 e. The van der Waals surface area contributed by atoms with Gasteiger partial charge in [-0.2, -0.15) is 9.97 Å². The van der Waals surface area contributed by atoms with E-state index >= 15 is 0 Å². The van der Waals surface area contributed by atoms with Crippen molar-refractivity contribution in [3.05, 3.63) is 30.5 Å². The molecule has 2 N–H and O–H groups in total. The average Bonchev–Trinajstić information content (AvgIpc) is 3.51. The smallest absolute Gasteiger partial charge is 0.229 e. The monoisotopic (exact) mass is 461 g/mol. The normalized spacial score (nSPS) is 21.6. The summed E-state index contributed by atoms with van der Waals surface area (Å²) in [6, 6.07) is 8.80. The minimum atomic E-state index is 0.218. The first kappa shape index (κ1) is 21.4. The standard InChI is InChI=1S/C25H31N7O2/c1-3-5-17-15-34-13-11-32(17)25-29-23-21(24(30-25)31-10-12-33-14-16(31)2)27-22(28-23)19-6-4-7-20-18(19)8-9-26-20/h4,6-9,16-17,26H,3,5,10-15H2,1-2H3,(H,27,28,29,30)/t16?,17-/m1/s1. The number of ether oxygens (including phenoxy) is 2. The van der Waals surface area contributed by atoms with Gasteiger partial charge in [0.25, 0.3) is 0 Å². The molecule has 2 aliphatic rings. The second-order valence-electron chi connectivity index (χ2n) is 9.20. The first-order valence-corrected chi connectivity index (χ1v) is 12.3. The van der Waals surface area contributed by atoms with Crippen molar-refractivity contribution in [2.45, 2.75) is 38.8 Å². The van der Waals surface area contributed by atoms with E-state index in [2.05, 4.69) is 51.8 Å². The molecule has 0 spiro atoms. The third kappa shape index (κ3) is 3.69. The SMILES string of the molecule is CCC[C@@H]1COCCN1c1nc(N2CCOCC2C)c2[nH]c(-c3cccc4[nH]ccc34)nc2n1. The van der Waals surface area contributed by atoms with Crippen molar-refractivity contribution in [3.63, 3.8) is 0 Å². The van der Waals surface area contributed by atoms with Crippen molar-refractivity contribution >= 4 is 33.8 Å². The molecule has 2 aliphatic heterocycles. The Morgan fingerprint density at radius 1 is 1.03 bits per heavy atom. The van der Waals surface area contributed by atoms with Crippen LogP contribution in [0.15, 0.2) is 30.5 Å². The molecule has 34 heavy (non-hydrogen) atoms. The zero-order chi connectivity index (χ0) is 23.1. The van der Waals surface area contributed by atoms with Crippen LogP contribution >= 0.6 is 0 Å². The molecule has 1 unspecified atom stereocenters. The Morgan fingerprint density at radius 3 is 2.74 bits per heavy atom. The minimum Gasteiger partial charge on any atom is -0.377 e. The van der Waals surface area contributed by atoms with Crippen LogP contribution in [0.2, 0.25) is 0 Å². The van der Waals surface area contributed by atoms with Gasteiger partial charge in [0.15, 0.2) is 11.5 Å². The van der Waals surface area contributed by atoms with Gasteiger partial charge < -0.3 is 29.2 Å². The van der Waals surface area contributed by atoms with E-state index in [4.69, 9.17) is 24.4 Å². The summed E-state index contributed by atoms with van der Waals surface area (Å²) in [5.74, 6) is 2.44. The highest BCUT2D eigenvalue weighted by atomic mass is 16.5. The number of aromatic amines is 2. The number of anilines is 2.